The van der Waals surface area contributed by atoms with E-state index < -0.39 is 0 Å². The molecule has 1 aromatic carbocycles. The molecule has 0 N–H and O–H groups in total. The van der Waals surface area contributed by atoms with Gasteiger partial charge in [0.25, 0.3) is 0 Å². The fraction of sp³-hybridized carbons (Fsp3) is 0.611. The minimum absolute atomic E-state index is 0.259. The Hall–Kier alpha value is -1.35. The quantitative estimate of drug-likeness (QED) is 0.783. The summed E-state index contributed by atoms with van der Waals surface area (Å²) in [5.41, 5.74) is 2.11. The maximum Gasteiger partial charge on any atom is 0.225 e. The van der Waals surface area contributed by atoms with Crippen LogP contribution in [0, 0.1) is 0 Å². The predicted octanol–water partition coefficient (Wildman–Crippen LogP) is 4.01. The molecule has 3 rings (SSSR count). The highest BCUT2D eigenvalue weighted by Gasteiger charge is 2.44. The van der Waals surface area contributed by atoms with Gasteiger partial charge in [0.05, 0.1) is 6.61 Å². The van der Waals surface area contributed by atoms with Crippen molar-refractivity contribution < 1.29 is 9.53 Å². The minimum Gasteiger partial charge on any atom is -0.351 e. The first-order valence-corrected chi connectivity index (χ1v) is 8.26. The third-order valence-corrected chi connectivity index (χ3v) is 4.87. The molecule has 1 aromatic rings. The van der Waals surface area contributed by atoms with Gasteiger partial charge in [0, 0.05) is 13.0 Å². The van der Waals surface area contributed by atoms with Crippen LogP contribution in [0.25, 0.3) is 0 Å². The van der Waals surface area contributed by atoms with E-state index in [1.165, 1.54) is 24.0 Å². The molecule has 1 saturated heterocycles. The fourth-order valence-corrected chi connectivity index (χ4v) is 3.61. The summed E-state index contributed by atoms with van der Waals surface area (Å²) < 4.78 is 6.34. The zero-order chi connectivity index (χ0) is 14.7. The van der Waals surface area contributed by atoms with Crippen molar-refractivity contribution >= 4 is 5.91 Å². The lowest BCUT2D eigenvalue weighted by atomic mass is 9.91. The number of hydrogen-bond donors (Lipinski definition) is 0. The number of carbonyl (C=O) groups excluding carboxylic acids is 1. The molecule has 2 heterocycles. The zero-order valence-electron chi connectivity index (χ0n) is 12.9. The van der Waals surface area contributed by atoms with Gasteiger partial charge in [-0.15, -0.1) is 0 Å². The van der Waals surface area contributed by atoms with Gasteiger partial charge in [-0.25, -0.2) is 0 Å². The molecule has 1 amide bonds. The highest BCUT2D eigenvalue weighted by molar-refractivity contribution is 5.77. The van der Waals surface area contributed by atoms with Crippen molar-refractivity contribution in [3.63, 3.8) is 0 Å². The average molecular weight is 287 g/mol. The van der Waals surface area contributed by atoms with Crippen LogP contribution in [0.5, 0.6) is 0 Å². The first-order valence-electron chi connectivity index (χ1n) is 8.26. The number of nitrogens with zero attached hydrogens (tertiary/aromatic N) is 1. The SMILES string of the molecule is CCCCCC12CCCC(=O)N1Cc1ccccc1CO2. The Labute approximate surface area is 127 Å². The van der Waals surface area contributed by atoms with Crippen molar-refractivity contribution in [2.45, 2.75) is 70.7 Å². The van der Waals surface area contributed by atoms with Gasteiger partial charge in [-0.1, -0.05) is 44.0 Å². The second kappa shape index (κ2) is 6.18. The molecule has 2 aliphatic heterocycles. The van der Waals surface area contributed by atoms with Crippen LogP contribution in [0.3, 0.4) is 0 Å². The van der Waals surface area contributed by atoms with Crippen molar-refractivity contribution in [3.8, 4) is 0 Å². The molecular weight excluding hydrogens is 262 g/mol. The molecule has 21 heavy (non-hydrogen) atoms. The van der Waals surface area contributed by atoms with Gasteiger partial charge in [-0.05, 0) is 36.8 Å². The molecule has 0 saturated carbocycles. The van der Waals surface area contributed by atoms with Crippen LogP contribution in [-0.2, 0) is 22.7 Å². The van der Waals surface area contributed by atoms with Gasteiger partial charge in [0.1, 0.15) is 5.72 Å². The van der Waals surface area contributed by atoms with Crippen molar-refractivity contribution in [2.75, 3.05) is 0 Å². The predicted molar refractivity (Wildman–Crippen MR) is 82.5 cm³/mol. The summed E-state index contributed by atoms with van der Waals surface area (Å²) in [5, 5.41) is 0. The summed E-state index contributed by atoms with van der Waals surface area (Å²) in [6, 6.07) is 8.36. The molecule has 3 heteroatoms. The Balaban J connectivity index is 1.88. The van der Waals surface area contributed by atoms with Gasteiger partial charge in [-0.3, -0.25) is 4.79 Å². The van der Waals surface area contributed by atoms with Crippen molar-refractivity contribution in [3.05, 3.63) is 35.4 Å². The number of fused-ring (bicyclic) bond motifs is 2. The summed E-state index contributed by atoms with van der Waals surface area (Å²) in [7, 11) is 0. The lowest BCUT2D eigenvalue weighted by Crippen LogP contribution is -2.54. The molecule has 0 aliphatic carbocycles. The first kappa shape index (κ1) is 14.6. The standard InChI is InChI=1S/C18H25NO2/c1-2-3-6-11-18-12-7-10-17(20)19(18)13-15-8-4-5-9-16(15)14-21-18/h4-5,8-9H,2-3,6-7,10-14H2,1H3. The van der Waals surface area contributed by atoms with Crippen molar-refractivity contribution in [1.82, 2.24) is 4.90 Å². The van der Waals surface area contributed by atoms with Crippen LogP contribution in [0.2, 0.25) is 0 Å². The number of rotatable bonds is 4. The molecule has 3 nitrogen and oxygen atoms in total. The minimum atomic E-state index is -0.358. The maximum atomic E-state index is 12.5. The number of piperidine rings is 1. The molecule has 0 radical (unpaired) electrons. The summed E-state index contributed by atoms with van der Waals surface area (Å²) >= 11 is 0. The molecule has 1 atom stereocenters. The smallest absolute Gasteiger partial charge is 0.225 e. The van der Waals surface area contributed by atoms with Gasteiger partial charge >= 0.3 is 0 Å². The van der Waals surface area contributed by atoms with Crippen LogP contribution < -0.4 is 0 Å². The topological polar surface area (TPSA) is 29.5 Å². The van der Waals surface area contributed by atoms with Crippen LogP contribution >= 0.6 is 0 Å². The van der Waals surface area contributed by atoms with Crippen molar-refractivity contribution in [2.24, 2.45) is 0 Å². The van der Waals surface area contributed by atoms with E-state index in [9.17, 15) is 4.79 Å². The Bertz CT molecular complexity index is 514. The van der Waals surface area contributed by atoms with Gasteiger partial charge < -0.3 is 9.64 Å². The van der Waals surface area contributed by atoms with Crippen LogP contribution in [0.1, 0.15) is 63.0 Å². The highest BCUT2D eigenvalue weighted by atomic mass is 16.5. The largest absolute Gasteiger partial charge is 0.351 e. The second-order valence-corrected chi connectivity index (χ2v) is 6.29. The highest BCUT2D eigenvalue weighted by Crippen LogP contribution is 2.39. The van der Waals surface area contributed by atoms with Gasteiger partial charge in [0.15, 0.2) is 0 Å². The summed E-state index contributed by atoms with van der Waals surface area (Å²) in [4.78, 5) is 14.5. The Kier molecular flexibility index (Phi) is 4.29. The molecule has 1 fully saturated rings. The van der Waals surface area contributed by atoms with E-state index >= 15 is 0 Å². The number of hydrogen-bond acceptors (Lipinski definition) is 2. The molecule has 0 spiro atoms. The average Bonchev–Trinajstić information content (AvgIpc) is 2.66. The zero-order valence-corrected chi connectivity index (χ0v) is 12.9. The molecule has 2 aliphatic rings. The van der Waals surface area contributed by atoms with E-state index in [2.05, 4.69) is 31.2 Å². The number of amides is 1. The maximum absolute atomic E-state index is 12.5. The van der Waals surface area contributed by atoms with Gasteiger partial charge in [-0.2, -0.15) is 0 Å². The molecule has 114 valence electrons. The van der Waals surface area contributed by atoms with E-state index in [1.807, 2.05) is 4.90 Å². The summed E-state index contributed by atoms with van der Waals surface area (Å²) in [6.45, 7) is 3.55. The van der Waals surface area contributed by atoms with E-state index in [-0.39, 0.29) is 11.6 Å². The van der Waals surface area contributed by atoms with E-state index in [0.717, 1.165) is 25.7 Å². The lowest BCUT2D eigenvalue weighted by molar-refractivity contribution is -0.196. The monoisotopic (exact) mass is 287 g/mol. The van der Waals surface area contributed by atoms with Gasteiger partial charge in [0.2, 0.25) is 5.91 Å². The van der Waals surface area contributed by atoms with E-state index in [1.54, 1.807) is 0 Å². The Morgan fingerprint density at radius 2 is 2.05 bits per heavy atom. The normalized spacial score (nSPS) is 25.2. The summed E-state index contributed by atoms with van der Waals surface area (Å²) in [5.74, 6) is 0.259. The third-order valence-electron chi connectivity index (χ3n) is 4.87. The number of unbranched alkanes of at least 4 members (excludes halogenated alkanes) is 2. The third kappa shape index (κ3) is 2.84. The Morgan fingerprint density at radius 3 is 2.86 bits per heavy atom. The van der Waals surface area contributed by atoms with Crippen LogP contribution in [0.4, 0.5) is 0 Å². The fourth-order valence-electron chi connectivity index (χ4n) is 3.61. The van der Waals surface area contributed by atoms with Crippen LogP contribution in [-0.4, -0.2) is 16.5 Å². The first-order chi connectivity index (χ1) is 10.2. The molecular formula is C18H25NO2. The molecule has 0 bridgehead atoms. The second-order valence-electron chi connectivity index (χ2n) is 6.29. The summed E-state index contributed by atoms with van der Waals surface area (Å²) in [6.07, 6.45) is 7.12. The number of carbonyl (C=O) groups is 1. The lowest BCUT2D eigenvalue weighted by Gasteiger charge is -2.45. The van der Waals surface area contributed by atoms with Crippen molar-refractivity contribution in [1.29, 1.82) is 0 Å². The number of benzene rings is 1. The number of ether oxygens (including phenoxy) is 1. The molecule has 1 unspecified atom stereocenters. The molecule has 0 aromatic heterocycles. The van der Waals surface area contributed by atoms with Crippen LogP contribution in [0.15, 0.2) is 24.3 Å². The van der Waals surface area contributed by atoms with E-state index in [4.69, 9.17) is 4.74 Å². The van der Waals surface area contributed by atoms with E-state index in [0.29, 0.717) is 19.6 Å². The Morgan fingerprint density at radius 1 is 1.24 bits per heavy atom.